The van der Waals surface area contributed by atoms with Crippen LogP contribution in [-0.2, 0) is 18.9 Å². The van der Waals surface area contributed by atoms with Gasteiger partial charge in [0.2, 0.25) is 0 Å². The lowest BCUT2D eigenvalue weighted by molar-refractivity contribution is -0.149. The van der Waals surface area contributed by atoms with Gasteiger partial charge in [-0.25, -0.2) is 0 Å². The summed E-state index contributed by atoms with van der Waals surface area (Å²) in [5.41, 5.74) is 8.47. The van der Waals surface area contributed by atoms with Crippen molar-refractivity contribution in [2.75, 3.05) is 13.1 Å². The van der Waals surface area contributed by atoms with Crippen LogP contribution in [0.4, 0.5) is 0 Å². The van der Waals surface area contributed by atoms with E-state index in [-0.39, 0.29) is 25.1 Å². The molecule has 2 saturated heterocycles. The molecular formula is C14H26BN3O5. The van der Waals surface area contributed by atoms with E-state index >= 15 is 0 Å². The summed E-state index contributed by atoms with van der Waals surface area (Å²) in [7, 11) is -0.619. The van der Waals surface area contributed by atoms with Crippen LogP contribution in [0, 0.1) is 5.92 Å². The first kappa shape index (κ1) is 18.2. The Hall–Kier alpha value is -1.16. The SMILES string of the molecule is CC(C)OB1CCC[C@H]2CN(C(=O)C(C)(N)O)C[C@@]2(N)C(=O)O1. The summed E-state index contributed by atoms with van der Waals surface area (Å²) in [6, 6.07) is 0. The first-order chi connectivity index (χ1) is 10.5. The largest absolute Gasteiger partial charge is 0.527 e. The molecule has 1 amide bonds. The van der Waals surface area contributed by atoms with Crippen LogP contribution in [0.1, 0.15) is 33.6 Å². The molecule has 1 unspecified atom stereocenters. The maximum atomic E-state index is 12.5. The van der Waals surface area contributed by atoms with E-state index in [0.717, 1.165) is 6.42 Å². The number of nitrogens with zero attached hydrogens (tertiary/aromatic N) is 1. The topological polar surface area (TPSA) is 128 Å². The van der Waals surface area contributed by atoms with Crippen LogP contribution >= 0.6 is 0 Å². The second-order valence-corrected chi connectivity index (χ2v) is 7.02. The number of amides is 1. The van der Waals surface area contributed by atoms with E-state index in [9.17, 15) is 14.7 Å². The van der Waals surface area contributed by atoms with E-state index in [1.165, 1.54) is 11.8 Å². The van der Waals surface area contributed by atoms with Gasteiger partial charge in [0.25, 0.3) is 5.91 Å². The number of likely N-dealkylation sites (tertiary alicyclic amines) is 1. The highest BCUT2D eigenvalue weighted by Crippen LogP contribution is 2.34. The quantitative estimate of drug-likeness (QED) is 0.451. The monoisotopic (exact) mass is 327 g/mol. The van der Waals surface area contributed by atoms with Crippen molar-refractivity contribution < 1.29 is 24.0 Å². The zero-order valence-corrected chi connectivity index (χ0v) is 13.9. The molecule has 2 aliphatic rings. The Balaban J connectivity index is 2.14. The molecule has 5 N–H and O–H groups in total. The summed E-state index contributed by atoms with van der Waals surface area (Å²) in [4.78, 5) is 26.0. The van der Waals surface area contributed by atoms with Crippen molar-refractivity contribution in [3.05, 3.63) is 0 Å². The van der Waals surface area contributed by atoms with E-state index in [0.29, 0.717) is 12.7 Å². The zero-order valence-electron chi connectivity index (χ0n) is 13.9. The molecule has 0 saturated carbocycles. The van der Waals surface area contributed by atoms with Gasteiger partial charge < -0.3 is 25.0 Å². The van der Waals surface area contributed by atoms with Crippen molar-refractivity contribution in [2.45, 2.75) is 57.3 Å². The van der Waals surface area contributed by atoms with Gasteiger partial charge in [-0.1, -0.05) is 6.42 Å². The molecule has 130 valence electrons. The van der Waals surface area contributed by atoms with Gasteiger partial charge in [-0.3, -0.25) is 15.3 Å². The Morgan fingerprint density at radius 3 is 2.83 bits per heavy atom. The normalized spacial score (nSPS) is 31.3. The van der Waals surface area contributed by atoms with Crippen LogP contribution < -0.4 is 11.5 Å². The molecule has 0 bridgehead atoms. The minimum absolute atomic E-state index is 0.0168. The third-order valence-corrected chi connectivity index (χ3v) is 4.38. The molecule has 23 heavy (non-hydrogen) atoms. The molecule has 2 heterocycles. The Morgan fingerprint density at radius 2 is 2.26 bits per heavy atom. The molecule has 2 rings (SSSR count). The van der Waals surface area contributed by atoms with Crippen molar-refractivity contribution in [2.24, 2.45) is 17.4 Å². The van der Waals surface area contributed by atoms with Gasteiger partial charge in [-0.15, -0.1) is 0 Å². The van der Waals surface area contributed by atoms with Gasteiger partial charge in [-0.05, 0) is 33.5 Å². The molecule has 0 radical (unpaired) electrons. The van der Waals surface area contributed by atoms with E-state index in [1.807, 2.05) is 13.8 Å². The van der Waals surface area contributed by atoms with Gasteiger partial charge in [0.1, 0.15) is 5.54 Å². The number of hydrogen-bond donors (Lipinski definition) is 3. The van der Waals surface area contributed by atoms with E-state index in [2.05, 4.69) is 0 Å². The number of nitrogens with two attached hydrogens (primary N) is 2. The third kappa shape index (κ3) is 3.85. The smallest absolute Gasteiger partial charge is 0.508 e. The summed E-state index contributed by atoms with van der Waals surface area (Å²) < 4.78 is 11.0. The van der Waals surface area contributed by atoms with Gasteiger partial charge in [0.05, 0.1) is 0 Å². The van der Waals surface area contributed by atoms with Crippen LogP contribution in [0.15, 0.2) is 0 Å². The Kier molecular flexibility index (Phi) is 5.05. The van der Waals surface area contributed by atoms with Crippen molar-refractivity contribution >= 4 is 19.0 Å². The highest BCUT2D eigenvalue weighted by Gasteiger charge is 2.54. The van der Waals surface area contributed by atoms with Gasteiger partial charge in [0.15, 0.2) is 5.72 Å². The molecule has 3 atom stereocenters. The summed E-state index contributed by atoms with van der Waals surface area (Å²) in [6.07, 6.45) is 1.99. The average Bonchev–Trinajstić information content (AvgIpc) is 2.73. The third-order valence-electron chi connectivity index (χ3n) is 4.38. The van der Waals surface area contributed by atoms with Crippen LogP contribution in [-0.4, -0.2) is 59.5 Å². The molecule has 0 aromatic heterocycles. The predicted octanol–water partition coefficient (Wildman–Crippen LogP) is -0.940. The minimum Gasteiger partial charge on any atom is -0.508 e. The predicted molar refractivity (Wildman–Crippen MR) is 83.9 cm³/mol. The lowest BCUT2D eigenvalue weighted by Crippen LogP contribution is -2.59. The van der Waals surface area contributed by atoms with E-state index in [4.69, 9.17) is 20.8 Å². The molecule has 0 aliphatic carbocycles. The first-order valence-corrected chi connectivity index (χ1v) is 8.00. The fraction of sp³-hybridized carbons (Fsp3) is 0.857. The Morgan fingerprint density at radius 1 is 1.61 bits per heavy atom. The van der Waals surface area contributed by atoms with Crippen LogP contribution in [0.3, 0.4) is 0 Å². The number of rotatable bonds is 3. The molecule has 8 nitrogen and oxygen atoms in total. The van der Waals surface area contributed by atoms with Crippen molar-refractivity contribution in [3.8, 4) is 0 Å². The number of hydrogen-bond acceptors (Lipinski definition) is 7. The van der Waals surface area contributed by atoms with Gasteiger partial charge >= 0.3 is 13.1 Å². The highest BCUT2D eigenvalue weighted by molar-refractivity contribution is 6.47. The summed E-state index contributed by atoms with van der Waals surface area (Å²) in [5.74, 6) is -1.43. The Labute approximate surface area is 136 Å². The number of carbonyl (C=O) groups excluding carboxylic acids is 2. The van der Waals surface area contributed by atoms with Crippen LogP contribution in [0.25, 0.3) is 0 Å². The number of fused-ring (bicyclic) bond motifs is 1. The molecular weight excluding hydrogens is 301 g/mol. The number of aliphatic hydroxyl groups is 1. The molecule has 0 aromatic carbocycles. The van der Waals surface area contributed by atoms with Crippen molar-refractivity contribution in [1.82, 2.24) is 4.90 Å². The van der Waals surface area contributed by atoms with Crippen molar-refractivity contribution in [3.63, 3.8) is 0 Å². The number of carbonyl (C=O) groups is 2. The standard InChI is InChI=1S/C14H26BN3O5/c1-9(2)22-15-6-4-5-10-7-18(11(19)13(3,16)21)8-14(10,17)12(20)23-15/h9-10,21H,4-8,16-17H2,1-3H3/t10-,13?,14-/m0/s1. The molecule has 2 fully saturated rings. The summed E-state index contributed by atoms with van der Waals surface area (Å²) >= 11 is 0. The van der Waals surface area contributed by atoms with Crippen LogP contribution in [0.2, 0.25) is 6.32 Å². The maximum absolute atomic E-state index is 12.5. The average molecular weight is 327 g/mol. The second-order valence-electron chi connectivity index (χ2n) is 7.02. The maximum Gasteiger partial charge on any atom is 0.527 e. The lowest BCUT2D eigenvalue weighted by atomic mass is 9.74. The van der Waals surface area contributed by atoms with Crippen LogP contribution in [0.5, 0.6) is 0 Å². The fourth-order valence-corrected chi connectivity index (χ4v) is 3.21. The fourth-order valence-electron chi connectivity index (χ4n) is 3.21. The first-order valence-electron chi connectivity index (χ1n) is 8.00. The van der Waals surface area contributed by atoms with Crippen molar-refractivity contribution in [1.29, 1.82) is 0 Å². The highest BCUT2D eigenvalue weighted by atomic mass is 16.6. The summed E-state index contributed by atoms with van der Waals surface area (Å²) in [6.45, 7) is 5.22. The van der Waals surface area contributed by atoms with E-state index < -0.39 is 30.3 Å². The summed E-state index contributed by atoms with van der Waals surface area (Å²) in [5, 5.41) is 9.69. The van der Waals surface area contributed by atoms with E-state index in [1.54, 1.807) is 0 Å². The molecule has 2 aliphatic heterocycles. The second kappa shape index (κ2) is 6.39. The lowest BCUT2D eigenvalue weighted by Gasteiger charge is -2.32. The molecule has 0 spiro atoms. The molecule has 0 aromatic rings. The Bertz CT molecular complexity index is 482. The zero-order chi connectivity index (χ0) is 17.4. The minimum atomic E-state index is -1.98. The molecule has 9 heteroatoms. The van der Waals surface area contributed by atoms with Gasteiger partial charge in [-0.2, -0.15) is 0 Å². The van der Waals surface area contributed by atoms with Gasteiger partial charge in [0, 0.05) is 25.1 Å².